The van der Waals surface area contributed by atoms with Crippen molar-refractivity contribution in [1.82, 2.24) is 10.2 Å². The van der Waals surface area contributed by atoms with Crippen LogP contribution in [-0.4, -0.2) is 50.0 Å². The Morgan fingerprint density at radius 2 is 1.61 bits per heavy atom. The zero-order valence-corrected chi connectivity index (χ0v) is 23.7. The van der Waals surface area contributed by atoms with Gasteiger partial charge in [0.05, 0.1) is 11.9 Å². The molecule has 0 aliphatic carbocycles. The maximum absolute atomic E-state index is 14.0. The van der Waals surface area contributed by atoms with Crippen LogP contribution in [0.2, 0.25) is 5.02 Å². The Labute approximate surface area is 230 Å². The lowest BCUT2D eigenvalue weighted by molar-refractivity contribution is -0.140. The maximum atomic E-state index is 14.0. The minimum atomic E-state index is -3.84. The minimum absolute atomic E-state index is 0.141. The highest BCUT2D eigenvalue weighted by atomic mass is 35.5. The Bertz CT molecular complexity index is 1360. The van der Waals surface area contributed by atoms with Crippen molar-refractivity contribution in [2.45, 2.75) is 45.8 Å². The van der Waals surface area contributed by atoms with E-state index >= 15 is 0 Å². The summed E-state index contributed by atoms with van der Waals surface area (Å²) in [5.74, 6) is -0.807. The summed E-state index contributed by atoms with van der Waals surface area (Å²) < 4.78 is 26.6. The molecule has 0 spiro atoms. The number of nitrogens with one attached hydrogen (secondary N) is 1. The van der Waals surface area contributed by atoms with Gasteiger partial charge in [-0.05, 0) is 55.7 Å². The fraction of sp³-hybridized carbons (Fsp3) is 0.310. The Hall–Kier alpha value is -3.36. The van der Waals surface area contributed by atoms with Crippen molar-refractivity contribution in [2.75, 3.05) is 17.1 Å². The summed E-state index contributed by atoms with van der Waals surface area (Å²) in [5, 5.41) is 3.29. The maximum Gasteiger partial charge on any atom is 0.244 e. The van der Waals surface area contributed by atoms with E-state index in [2.05, 4.69) is 5.32 Å². The van der Waals surface area contributed by atoms with E-state index < -0.39 is 28.5 Å². The van der Waals surface area contributed by atoms with Crippen LogP contribution in [0.4, 0.5) is 5.69 Å². The van der Waals surface area contributed by atoms with E-state index in [0.29, 0.717) is 5.02 Å². The average molecular weight is 556 g/mol. The van der Waals surface area contributed by atoms with Crippen LogP contribution in [0, 0.1) is 6.92 Å². The zero-order valence-electron chi connectivity index (χ0n) is 22.1. The molecule has 0 saturated heterocycles. The van der Waals surface area contributed by atoms with Crippen molar-refractivity contribution >= 4 is 39.1 Å². The molecule has 7 nitrogen and oxygen atoms in total. The van der Waals surface area contributed by atoms with E-state index in [-0.39, 0.29) is 30.6 Å². The number of halogens is 1. The highest BCUT2D eigenvalue weighted by molar-refractivity contribution is 7.92. The number of rotatable bonds is 11. The first-order valence-electron chi connectivity index (χ1n) is 12.4. The van der Waals surface area contributed by atoms with Gasteiger partial charge in [-0.2, -0.15) is 0 Å². The monoisotopic (exact) mass is 555 g/mol. The molecule has 0 heterocycles. The average Bonchev–Trinajstić information content (AvgIpc) is 2.85. The molecule has 1 N–H and O–H groups in total. The molecule has 0 radical (unpaired) electrons. The number of hydrogen-bond acceptors (Lipinski definition) is 4. The molecule has 0 aromatic heterocycles. The lowest BCUT2D eigenvalue weighted by Crippen LogP contribution is -2.54. The lowest BCUT2D eigenvalue weighted by atomic mass is 10.0. The van der Waals surface area contributed by atoms with Gasteiger partial charge in [-0.1, -0.05) is 72.3 Å². The van der Waals surface area contributed by atoms with Crippen LogP contribution >= 0.6 is 11.6 Å². The van der Waals surface area contributed by atoms with E-state index in [9.17, 15) is 18.0 Å². The molecular formula is C29H34ClN3O4S. The first-order chi connectivity index (χ1) is 18.0. The summed E-state index contributed by atoms with van der Waals surface area (Å²) in [4.78, 5) is 29.0. The summed E-state index contributed by atoms with van der Waals surface area (Å²) >= 11 is 6.12. The normalized spacial score (nSPS) is 12.2. The molecule has 0 saturated carbocycles. The first kappa shape index (κ1) is 29.2. The number of amides is 2. The third kappa shape index (κ3) is 8.07. The van der Waals surface area contributed by atoms with Gasteiger partial charge in [-0.3, -0.25) is 13.9 Å². The smallest absolute Gasteiger partial charge is 0.244 e. The molecular weight excluding hydrogens is 522 g/mol. The molecule has 0 bridgehead atoms. The van der Waals surface area contributed by atoms with Crippen molar-refractivity contribution in [2.24, 2.45) is 0 Å². The van der Waals surface area contributed by atoms with E-state index in [4.69, 9.17) is 11.6 Å². The number of aryl methyl sites for hydroxylation is 1. The van der Waals surface area contributed by atoms with Gasteiger partial charge in [0.2, 0.25) is 21.8 Å². The molecule has 0 aliphatic rings. The Kier molecular flexibility index (Phi) is 9.94. The van der Waals surface area contributed by atoms with E-state index in [0.717, 1.165) is 27.3 Å². The second-order valence-electron chi connectivity index (χ2n) is 9.57. The van der Waals surface area contributed by atoms with Crippen molar-refractivity contribution < 1.29 is 18.0 Å². The number of anilines is 1. The third-order valence-electron chi connectivity index (χ3n) is 6.08. The summed E-state index contributed by atoms with van der Waals surface area (Å²) in [6.07, 6.45) is 1.31. The molecule has 9 heteroatoms. The van der Waals surface area contributed by atoms with Crippen LogP contribution in [-0.2, 0) is 32.6 Å². The van der Waals surface area contributed by atoms with Crippen LogP contribution in [0.25, 0.3) is 0 Å². The van der Waals surface area contributed by atoms with Crippen LogP contribution in [0.5, 0.6) is 0 Å². The number of benzene rings is 3. The van der Waals surface area contributed by atoms with Gasteiger partial charge in [-0.15, -0.1) is 0 Å². The summed E-state index contributed by atoms with van der Waals surface area (Å²) in [7, 11) is -3.84. The van der Waals surface area contributed by atoms with E-state index in [1.165, 1.54) is 11.0 Å². The van der Waals surface area contributed by atoms with Gasteiger partial charge in [-0.25, -0.2) is 8.42 Å². The predicted octanol–water partition coefficient (Wildman–Crippen LogP) is 4.58. The molecule has 3 rings (SSSR count). The SMILES string of the molecule is Cc1ccccc1CN(C(=O)CN(c1cccc(Cl)c1)S(C)(=O)=O)[C@@H](Cc1ccccc1)C(=O)NC(C)C. The molecule has 38 heavy (non-hydrogen) atoms. The topological polar surface area (TPSA) is 86.8 Å². The largest absolute Gasteiger partial charge is 0.352 e. The molecule has 0 fully saturated rings. The van der Waals surface area contributed by atoms with Gasteiger partial charge in [0.15, 0.2) is 0 Å². The number of carbonyl (C=O) groups excluding carboxylic acids is 2. The summed E-state index contributed by atoms with van der Waals surface area (Å²) in [6, 6.07) is 22.4. The van der Waals surface area contributed by atoms with Crippen molar-refractivity contribution in [3.05, 3.63) is 101 Å². The lowest BCUT2D eigenvalue weighted by Gasteiger charge is -2.34. The van der Waals surface area contributed by atoms with Gasteiger partial charge < -0.3 is 10.2 Å². The molecule has 1 atom stereocenters. The minimum Gasteiger partial charge on any atom is -0.352 e. The summed E-state index contributed by atoms with van der Waals surface area (Å²) in [6.45, 7) is 5.31. The number of sulfonamides is 1. The fourth-order valence-electron chi connectivity index (χ4n) is 4.15. The summed E-state index contributed by atoms with van der Waals surface area (Å²) in [5.41, 5.74) is 2.98. The Morgan fingerprint density at radius 3 is 2.21 bits per heavy atom. The predicted molar refractivity (Wildman–Crippen MR) is 153 cm³/mol. The van der Waals surface area contributed by atoms with Gasteiger partial charge in [0.25, 0.3) is 0 Å². The first-order valence-corrected chi connectivity index (χ1v) is 14.6. The molecule has 2 amide bonds. The standard InChI is InChI=1S/C29H34ClN3O4S/c1-21(2)31-29(35)27(17-23-12-6-5-7-13-23)32(19-24-14-9-8-11-22(24)3)28(34)20-33(38(4,36)37)26-16-10-15-25(30)18-26/h5-16,18,21,27H,17,19-20H2,1-4H3,(H,31,35)/t27-/m0/s1. The second-order valence-corrected chi connectivity index (χ2v) is 11.9. The molecule has 3 aromatic rings. The second kappa shape index (κ2) is 12.9. The van der Waals surface area contributed by atoms with Gasteiger partial charge in [0, 0.05) is 24.0 Å². The van der Waals surface area contributed by atoms with Crippen molar-refractivity contribution in [1.29, 1.82) is 0 Å². The number of nitrogens with zero attached hydrogens (tertiary/aromatic N) is 2. The quantitative estimate of drug-likeness (QED) is 0.375. The molecule has 3 aromatic carbocycles. The van der Waals surface area contributed by atoms with Crippen LogP contribution in [0.15, 0.2) is 78.9 Å². The molecule has 202 valence electrons. The van der Waals surface area contributed by atoms with Gasteiger partial charge >= 0.3 is 0 Å². The Morgan fingerprint density at radius 1 is 0.947 bits per heavy atom. The zero-order chi connectivity index (χ0) is 27.9. The number of carbonyl (C=O) groups is 2. The Balaban J connectivity index is 2.07. The molecule has 0 unspecified atom stereocenters. The van der Waals surface area contributed by atoms with E-state index in [1.54, 1.807) is 18.2 Å². The highest BCUT2D eigenvalue weighted by Gasteiger charge is 2.33. The molecule has 0 aliphatic heterocycles. The van der Waals surface area contributed by atoms with Crippen LogP contribution < -0.4 is 9.62 Å². The van der Waals surface area contributed by atoms with E-state index in [1.807, 2.05) is 75.4 Å². The number of hydrogen-bond donors (Lipinski definition) is 1. The van der Waals surface area contributed by atoms with Gasteiger partial charge in [0.1, 0.15) is 12.6 Å². The third-order valence-corrected chi connectivity index (χ3v) is 7.46. The van der Waals surface area contributed by atoms with Crippen LogP contribution in [0.1, 0.15) is 30.5 Å². The highest BCUT2D eigenvalue weighted by Crippen LogP contribution is 2.23. The van der Waals surface area contributed by atoms with Crippen LogP contribution in [0.3, 0.4) is 0 Å². The fourth-order valence-corrected chi connectivity index (χ4v) is 5.18. The van der Waals surface area contributed by atoms with Crippen molar-refractivity contribution in [3.8, 4) is 0 Å². The van der Waals surface area contributed by atoms with Crippen molar-refractivity contribution in [3.63, 3.8) is 0 Å².